The summed E-state index contributed by atoms with van der Waals surface area (Å²) in [5, 5.41) is 13.2. The molecule has 1 amide bonds. The molecule has 8 nitrogen and oxygen atoms in total. The lowest BCUT2D eigenvalue weighted by Gasteiger charge is -2.21. The molecule has 0 spiro atoms. The molecule has 0 radical (unpaired) electrons. The van der Waals surface area contributed by atoms with Crippen molar-refractivity contribution in [2.24, 2.45) is 0 Å². The maximum absolute atomic E-state index is 12.9. The van der Waals surface area contributed by atoms with E-state index in [-0.39, 0.29) is 17.3 Å². The van der Waals surface area contributed by atoms with Gasteiger partial charge in [-0.15, -0.1) is 0 Å². The van der Waals surface area contributed by atoms with Gasteiger partial charge >= 0.3 is 5.97 Å². The van der Waals surface area contributed by atoms with Gasteiger partial charge in [0.25, 0.3) is 5.91 Å². The number of aromatic nitrogens is 3. The van der Waals surface area contributed by atoms with Crippen LogP contribution in [-0.4, -0.2) is 49.7 Å². The Kier molecular flexibility index (Phi) is 5.69. The molecule has 0 atom stereocenters. The molecule has 2 aromatic heterocycles. The maximum atomic E-state index is 12.9. The van der Waals surface area contributed by atoms with Gasteiger partial charge in [0.2, 0.25) is 0 Å². The number of hydrogen-bond acceptors (Lipinski definition) is 5. The van der Waals surface area contributed by atoms with E-state index in [1.165, 1.54) is 10.9 Å². The predicted octanol–water partition coefficient (Wildman–Crippen LogP) is 2.25. The zero-order chi connectivity index (χ0) is 20.1. The first-order valence-electron chi connectivity index (χ1n) is 8.87. The van der Waals surface area contributed by atoms with Crippen molar-refractivity contribution < 1.29 is 14.7 Å². The van der Waals surface area contributed by atoms with Crippen LogP contribution in [0.4, 0.5) is 5.82 Å². The molecule has 0 unspecified atom stereocenters. The highest BCUT2D eigenvalue weighted by molar-refractivity contribution is 5.95. The second kappa shape index (κ2) is 8.34. The van der Waals surface area contributed by atoms with Crippen molar-refractivity contribution in [2.45, 2.75) is 13.3 Å². The predicted molar refractivity (Wildman–Crippen MR) is 104 cm³/mol. The van der Waals surface area contributed by atoms with Gasteiger partial charge in [-0.3, -0.25) is 9.78 Å². The van der Waals surface area contributed by atoms with Crippen molar-refractivity contribution in [3.8, 4) is 5.69 Å². The van der Waals surface area contributed by atoms with Crippen LogP contribution in [0.15, 0.2) is 54.9 Å². The van der Waals surface area contributed by atoms with Crippen molar-refractivity contribution in [3.63, 3.8) is 0 Å². The number of hydrogen-bond donors (Lipinski definition) is 2. The van der Waals surface area contributed by atoms with Crippen LogP contribution >= 0.6 is 0 Å². The minimum absolute atomic E-state index is 0.0135. The van der Waals surface area contributed by atoms with Gasteiger partial charge in [0.15, 0.2) is 0 Å². The number of carbonyl (C=O) groups excluding carboxylic acids is 1. The second-order valence-electron chi connectivity index (χ2n) is 6.17. The van der Waals surface area contributed by atoms with Crippen LogP contribution in [0, 0.1) is 0 Å². The lowest BCUT2D eigenvalue weighted by molar-refractivity contribution is 0.0696. The Hall–Kier alpha value is -3.68. The van der Waals surface area contributed by atoms with Crippen LogP contribution in [-0.2, 0) is 6.42 Å². The van der Waals surface area contributed by atoms with Gasteiger partial charge < -0.3 is 15.7 Å². The number of likely N-dealkylation sites (N-methyl/N-ethyl adjacent to an activating group) is 1. The minimum Gasteiger partial charge on any atom is -0.477 e. The smallest absolute Gasteiger partial charge is 0.341 e. The number of aromatic carboxylic acids is 1. The lowest BCUT2D eigenvalue weighted by Crippen LogP contribution is -2.33. The number of carboxylic acid groups (broad SMARTS) is 1. The van der Waals surface area contributed by atoms with E-state index >= 15 is 0 Å². The molecule has 0 aliphatic rings. The SMILES string of the molecule is CCN(CCc1ccccn1)C(=O)c1cccc(-n2ncc(C(=O)O)c2N)c1. The molecule has 2 heterocycles. The van der Waals surface area contributed by atoms with E-state index in [1.54, 1.807) is 35.4 Å². The van der Waals surface area contributed by atoms with Crippen LogP contribution in [0.5, 0.6) is 0 Å². The number of carboxylic acids is 1. The minimum atomic E-state index is -1.15. The number of carbonyl (C=O) groups is 2. The third kappa shape index (κ3) is 4.01. The first kappa shape index (κ1) is 19.1. The molecular weight excluding hydrogens is 358 g/mol. The summed E-state index contributed by atoms with van der Waals surface area (Å²) in [6, 6.07) is 12.5. The monoisotopic (exact) mass is 379 g/mol. The number of amides is 1. The Morgan fingerprint density at radius 1 is 1.21 bits per heavy atom. The van der Waals surface area contributed by atoms with Crippen LogP contribution in [0.25, 0.3) is 5.69 Å². The fourth-order valence-corrected chi connectivity index (χ4v) is 2.88. The van der Waals surface area contributed by atoms with E-state index in [4.69, 9.17) is 10.8 Å². The van der Waals surface area contributed by atoms with E-state index in [9.17, 15) is 9.59 Å². The van der Waals surface area contributed by atoms with Crippen LogP contribution < -0.4 is 5.73 Å². The Morgan fingerprint density at radius 3 is 2.68 bits per heavy atom. The van der Waals surface area contributed by atoms with E-state index in [0.29, 0.717) is 30.8 Å². The number of anilines is 1. The summed E-state index contributed by atoms with van der Waals surface area (Å²) in [5.74, 6) is -1.26. The molecule has 28 heavy (non-hydrogen) atoms. The fraction of sp³-hybridized carbons (Fsp3) is 0.200. The van der Waals surface area contributed by atoms with Crippen molar-refractivity contribution >= 4 is 17.7 Å². The topological polar surface area (TPSA) is 114 Å². The zero-order valence-electron chi connectivity index (χ0n) is 15.4. The van der Waals surface area contributed by atoms with E-state index in [0.717, 1.165) is 5.69 Å². The molecule has 3 aromatic rings. The Bertz CT molecular complexity index is 985. The first-order valence-corrected chi connectivity index (χ1v) is 8.87. The summed E-state index contributed by atoms with van der Waals surface area (Å²) >= 11 is 0. The van der Waals surface area contributed by atoms with Crippen LogP contribution in [0.3, 0.4) is 0 Å². The summed E-state index contributed by atoms with van der Waals surface area (Å²) in [5.41, 5.74) is 7.72. The molecule has 0 saturated carbocycles. The van der Waals surface area contributed by atoms with Gasteiger partial charge in [0.1, 0.15) is 11.4 Å². The number of rotatable bonds is 7. The number of benzene rings is 1. The van der Waals surface area contributed by atoms with Gasteiger partial charge in [0.05, 0.1) is 11.9 Å². The maximum Gasteiger partial charge on any atom is 0.341 e. The molecular formula is C20H21N5O3. The third-order valence-electron chi connectivity index (χ3n) is 4.41. The van der Waals surface area contributed by atoms with E-state index < -0.39 is 5.97 Å². The normalized spacial score (nSPS) is 10.6. The van der Waals surface area contributed by atoms with Gasteiger partial charge in [-0.05, 0) is 37.3 Å². The molecule has 3 N–H and O–H groups in total. The zero-order valence-corrected chi connectivity index (χ0v) is 15.4. The molecule has 0 aliphatic carbocycles. The van der Waals surface area contributed by atoms with Gasteiger partial charge in [-0.25, -0.2) is 9.48 Å². The highest BCUT2D eigenvalue weighted by Crippen LogP contribution is 2.19. The standard InChI is InChI=1S/C20H21N5O3/c1-2-24(11-9-15-7-3-4-10-22-15)19(26)14-6-5-8-16(12-14)25-18(21)17(13-23-25)20(27)28/h3-8,10,12-13H,2,9,11,21H2,1H3,(H,27,28). The van der Waals surface area contributed by atoms with Crippen molar-refractivity contribution in [1.29, 1.82) is 0 Å². The Balaban J connectivity index is 1.80. The van der Waals surface area contributed by atoms with E-state index in [2.05, 4.69) is 10.1 Å². The summed E-state index contributed by atoms with van der Waals surface area (Å²) in [6.07, 6.45) is 3.59. The van der Waals surface area contributed by atoms with Crippen molar-refractivity contribution in [2.75, 3.05) is 18.8 Å². The summed E-state index contributed by atoms with van der Waals surface area (Å²) in [6.45, 7) is 3.03. The van der Waals surface area contributed by atoms with Gasteiger partial charge in [0, 0.05) is 37.0 Å². The molecule has 8 heteroatoms. The Morgan fingerprint density at radius 2 is 2.04 bits per heavy atom. The average Bonchev–Trinajstić information content (AvgIpc) is 3.11. The third-order valence-corrected chi connectivity index (χ3v) is 4.41. The van der Waals surface area contributed by atoms with Crippen molar-refractivity contribution in [1.82, 2.24) is 19.7 Å². The largest absolute Gasteiger partial charge is 0.477 e. The van der Waals surface area contributed by atoms with Crippen molar-refractivity contribution in [3.05, 3.63) is 71.7 Å². The van der Waals surface area contributed by atoms with Crippen LogP contribution in [0.2, 0.25) is 0 Å². The van der Waals surface area contributed by atoms with E-state index in [1.807, 2.05) is 25.1 Å². The van der Waals surface area contributed by atoms with Gasteiger partial charge in [-0.2, -0.15) is 5.10 Å². The lowest BCUT2D eigenvalue weighted by atomic mass is 10.1. The number of nitrogens with zero attached hydrogens (tertiary/aromatic N) is 4. The highest BCUT2D eigenvalue weighted by atomic mass is 16.4. The second-order valence-corrected chi connectivity index (χ2v) is 6.17. The number of nitrogens with two attached hydrogens (primary N) is 1. The first-order chi connectivity index (χ1) is 13.5. The number of pyridine rings is 1. The quantitative estimate of drug-likeness (QED) is 0.651. The molecule has 0 fully saturated rings. The molecule has 144 valence electrons. The summed E-state index contributed by atoms with van der Waals surface area (Å²) in [7, 11) is 0. The molecule has 0 aliphatic heterocycles. The van der Waals surface area contributed by atoms with Gasteiger partial charge in [-0.1, -0.05) is 12.1 Å². The Labute approximate surface area is 162 Å². The molecule has 0 saturated heterocycles. The fourth-order valence-electron chi connectivity index (χ4n) is 2.88. The average molecular weight is 379 g/mol. The number of nitrogen functional groups attached to an aromatic ring is 1. The van der Waals surface area contributed by atoms with Crippen LogP contribution in [0.1, 0.15) is 33.3 Å². The summed E-state index contributed by atoms with van der Waals surface area (Å²) < 4.78 is 1.31. The summed E-state index contributed by atoms with van der Waals surface area (Å²) in [4.78, 5) is 30.1. The molecule has 3 rings (SSSR count). The highest BCUT2D eigenvalue weighted by Gasteiger charge is 2.18. The molecule has 0 bridgehead atoms. The molecule has 1 aromatic carbocycles.